The van der Waals surface area contributed by atoms with Crippen LogP contribution in [0.25, 0.3) is 0 Å². The molecule has 0 saturated carbocycles. The third kappa shape index (κ3) is 6.40. The Balaban J connectivity index is 2.75. The van der Waals surface area contributed by atoms with Crippen molar-refractivity contribution in [1.29, 1.82) is 0 Å². The number of benzene rings is 2. The van der Waals surface area contributed by atoms with Gasteiger partial charge in [-0.1, -0.05) is 11.6 Å². The first-order valence-corrected chi connectivity index (χ1v) is 9.06. The SMILES string of the molecule is [B]C([B])([B])Oc1c(Oc2cc(Cl)c(C(F)F)c(OC)c2C(=O)OC)ccc(OC(F)(F)F)c1F. The smallest absolute Gasteiger partial charge is 0.510 e. The fourth-order valence-corrected chi connectivity index (χ4v) is 2.87. The zero-order chi connectivity index (χ0) is 26.0. The molecule has 0 aliphatic heterocycles. The van der Waals surface area contributed by atoms with Gasteiger partial charge >= 0.3 is 12.3 Å². The Hall–Kier alpha value is -2.83. The average Bonchev–Trinajstić information content (AvgIpc) is 2.69. The minimum absolute atomic E-state index is 0.487. The molecule has 0 bridgehead atoms. The van der Waals surface area contributed by atoms with Crippen molar-refractivity contribution in [3.05, 3.63) is 40.2 Å². The molecular formula is C18H10B3ClF6O6. The topological polar surface area (TPSA) is 63.2 Å². The van der Waals surface area contributed by atoms with E-state index < -0.39 is 74.8 Å². The minimum Gasteiger partial charge on any atom is -0.510 e. The zero-order valence-corrected chi connectivity index (χ0v) is 17.9. The minimum atomic E-state index is -5.30. The highest BCUT2D eigenvalue weighted by Gasteiger charge is 2.35. The van der Waals surface area contributed by atoms with E-state index in [1.165, 1.54) is 0 Å². The summed E-state index contributed by atoms with van der Waals surface area (Å²) in [5, 5.41) is -3.27. The van der Waals surface area contributed by atoms with Crippen LogP contribution in [0.15, 0.2) is 18.2 Å². The lowest BCUT2D eigenvalue weighted by molar-refractivity contribution is -0.275. The standard InChI is InChI=1S/C18H10B3ClF6O6/c1-30-14-10(15(24)25)6(22)5-9(11(14)16(29)31-2)32-8-4-3-7(33-18(26,27)28)12(23)13(8)34-17(19,20)21/h3-5,15H,1-2H3. The molecule has 176 valence electrons. The summed E-state index contributed by atoms with van der Waals surface area (Å²) in [6.45, 7) is 0. The van der Waals surface area contributed by atoms with Crippen molar-refractivity contribution in [2.24, 2.45) is 0 Å². The van der Waals surface area contributed by atoms with Gasteiger partial charge < -0.3 is 23.7 Å². The van der Waals surface area contributed by atoms with Crippen molar-refractivity contribution < 1.29 is 54.8 Å². The molecule has 34 heavy (non-hydrogen) atoms. The maximum absolute atomic E-state index is 14.8. The molecule has 0 saturated heterocycles. The first kappa shape index (κ1) is 27.4. The normalized spacial score (nSPS) is 11.8. The van der Waals surface area contributed by atoms with Crippen LogP contribution in [0.5, 0.6) is 28.7 Å². The number of hydrogen-bond acceptors (Lipinski definition) is 6. The van der Waals surface area contributed by atoms with Crippen LogP contribution in [-0.4, -0.2) is 55.4 Å². The number of alkyl halides is 5. The Bertz CT molecular complexity index is 1080. The van der Waals surface area contributed by atoms with E-state index in [0.29, 0.717) is 12.1 Å². The summed E-state index contributed by atoms with van der Waals surface area (Å²) in [6, 6.07) is 1.92. The number of rotatable bonds is 8. The number of methoxy groups -OCH3 is 2. The Kier molecular flexibility index (Phi) is 8.23. The lowest BCUT2D eigenvalue weighted by atomic mass is 9.52. The van der Waals surface area contributed by atoms with Crippen LogP contribution in [0.2, 0.25) is 5.02 Å². The number of carbonyl (C=O) groups excluding carboxylic acids is 1. The molecule has 0 aromatic heterocycles. The van der Waals surface area contributed by atoms with Crippen molar-refractivity contribution >= 4 is 41.1 Å². The van der Waals surface area contributed by atoms with Gasteiger partial charge in [-0.2, -0.15) is 4.39 Å². The third-order valence-electron chi connectivity index (χ3n) is 3.80. The van der Waals surface area contributed by atoms with Crippen molar-refractivity contribution in [3.8, 4) is 28.7 Å². The fourth-order valence-electron chi connectivity index (χ4n) is 2.61. The predicted molar refractivity (Wildman–Crippen MR) is 108 cm³/mol. The molecule has 2 aromatic carbocycles. The molecule has 6 nitrogen and oxygen atoms in total. The molecule has 0 spiro atoms. The molecule has 0 unspecified atom stereocenters. The predicted octanol–water partition coefficient (Wildman–Crippen LogP) is 4.40. The number of carbonyl (C=O) groups is 1. The van der Waals surface area contributed by atoms with Crippen molar-refractivity contribution in [3.63, 3.8) is 0 Å². The zero-order valence-electron chi connectivity index (χ0n) is 17.1. The summed E-state index contributed by atoms with van der Waals surface area (Å²) in [6.07, 6.45) is -8.50. The Labute approximate surface area is 197 Å². The second kappa shape index (κ2) is 10.2. The lowest BCUT2D eigenvalue weighted by Crippen LogP contribution is -2.38. The van der Waals surface area contributed by atoms with E-state index in [4.69, 9.17) is 49.4 Å². The molecule has 0 atom stereocenters. The van der Waals surface area contributed by atoms with Gasteiger partial charge in [0.15, 0.2) is 17.2 Å². The molecule has 0 fully saturated rings. The highest BCUT2D eigenvalue weighted by Crippen LogP contribution is 2.47. The van der Waals surface area contributed by atoms with Crippen molar-refractivity contribution in [2.75, 3.05) is 14.2 Å². The molecule has 0 amide bonds. The van der Waals surface area contributed by atoms with Gasteiger partial charge in [0.25, 0.3) is 6.43 Å². The summed E-state index contributed by atoms with van der Waals surface area (Å²) in [7, 11) is 17.6. The van der Waals surface area contributed by atoms with E-state index in [9.17, 15) is 31.1 Å². The average molecular weight is 504 g/mol. The van der Waals surface area contributed by atoms with E-state index in [-0.39, 0.29) is 0 Å². The maximum atomic E-state index is 14.8. The van der Waals surface area contributed by atoms with Gasteiger partial charge in [0.05, 0.1) is 24.8 Å². The summed E-state index contributed by atoms with van der Waals surface area (Å²) >= 11 is 5.87. The molecular weight excluding hydrogens is 494 g/mol. The summed E-state index contributed by atoms with van der Waals surface area (Å²) in [4.78, 5) is 12.3. The molecule has 0 aliphatic carbocycles. The molecule has 2 rings (SSSR count). The van der Waals surface area contributed by atoms with Gasteiger partial charge in [0.1, 0.15) is 40.6 Å². The van der Waals surface area contributed by atoms with E-state index in [1.54, 1.807) is 0 Å². The van der Waals surface area contributed by atoms with Crippen LogP contribution < -0.4 is 18.9 Å². The van der Waals surface area contributed by atoms with E-state index in [2.05, 4.69) is 9.47 Å². The van der Waals surface area contributed by atoms with Gasteiger partial charge in [0, 0.05) is 6.07 Å². The van der Waals surface area contributed by atoms with Crippen LogP contribution in [0.3, 0.4) is 0 Å². The van der Waals surface area contributed by atoms with Crippen LogP contribution in [0, 0.1) is 5.82 Å². The molecule has 0 aliphatic rings. The molecule has 0 heterocycles. The van der Waals surface area contributed by atoms with Gasteiger partial charge in [-0.15, -0.1) is 13.2 Å². The van der Waals surface area contributed by atoms with Crippen LogP contribution in [0.1, 0.15) is 22.3 Å². The first-order chi connectivity index (χ1) is 15.6. The molecule has 0 N–H and O–H groups in total. The summed E-state index contributed by atoms with van der Waals surface area (Å²) in [5.41, 5.74) is -1.61. The van der Waals surface area contributed by atoms with Crippen molar-refractivity contribution in [1.82, 2.24) is 0 Å². The van der Waals surface area contributed by atoms with Crippen molar-refractivity contribution in [2.45, 2.75) is 18.1 Å². The number of ether oxygens (including phenoxy) is 5. The Morgan fingerprint density at radius 3 is 2.06 bits per heavy atom. The van der Waals surface area contributed by atoms with Gasteiger partial charge in [-0.3, -0.25) is 0 Å². The highest BCUT2D eigenvalue weighted by molar-refractivity contribution is 6.58. The molecule has 2 aromatic rings. The van der Waals surface area contributed by atoms with Crippen LogP contribution in [-0.2, 0) is 4.74 Å². The Morgan fingerprint density at radius 2 is 1.59 bits per heavy atom. The maximum Gasteiger partial charge on any atom is 0.573 e. The summed E-state index contributed by atoms with van der Waals surface area (Å²) in [5.74, 6) is -7.74. The third-order valence-corrected chi connectivity index (χ3v) is 4.11. The summed E-state index contributed by atoms with van der Waals surface area (Å²) < 4.78 is 103. The first-order valence-electron chi connectivity index (χ1n) is 8.68. The van der Waals surface area contributed by atoms with Crippen LogP contribution >= 0.6 is 11.6 Å². The molecule has 6 radical (unpaired) electrons. The monoisotopic (exact) mass is 504 g/mol. The molecule has 16 heteroatoms. The Morgan fingerprint density at radius 1 is 1.00 bits per heavy atom. The van der Waals surface area contributed by atoms with E-state index in [0.717, 1.165) is 20.3 Å². The largest absolute Gasteiger partial charge is 0.573 e. The number of halogens is 7. The van der Waals surface area contributed by atoms with Crippen LogP contribution in [0.4, 0.5) is 26.3 Å². The van der Waals surface area contributed by atoms with E-state index in [1.807, 2.05) is 0 Å². The number of esters is 1. The lowest BCUT2D eigenvalue weighted by Gasteiger charge is -2.26. The fraction of sp³-hybridized carbons (Fsp3) is 0.278. The van der Waals surface area contributed by atoms with Gasteiger partial charge in [0.2, 0.25) is 5.82 Å². The second-order valence-electron chi connectivity index (χ2n) is 6.28. The van der Waals surface area contributed by atoms with Gasteiger partial charge in [-0.05, 0) is 17.4 Å². The highest BCUT2D eigenvalue weighted by atomic mass is 35.5. The van der Waals surface area contributed by atoms with Gasteiger partial charge in [-0.25, -0.2) is 13.6 Å². The quantitative estimate of drug-likeness (QED) is 0.302. The second-order valence-corrected chi connectivity index (χ2v) is 6.69. The number of hydrogen-bond donors (Lipinski definition) is 0. The van der Waals surface area contributed by atoms with E-state index >= 15 is 0 Å².